The smallest absolute Gasteiger partial charge is 0.234 e. The van der Waals surface area contributed by atoms with Gasteiger partial charge in [0.25, 0.3) is 0 Å². The second kappa shape index (κ2) is 11.3. The number of rotatable bonds is 6. The van der Waals surface area contributed by atoms with Gasteiger partial charge in [-0.1, -0.05) is 6.92 Å². The average Bonchev–Trinajstić information content (AvgIpc) is 3.40. The van der Waals surface area contributed by atoms with Gasteiger partial charge < -0.3 is 15.5 Å². The molecule has 0 bridgehead atoms. The molecule has 3 aliphatic rings. The highest BCUT2D eigenvalue weighted by molar-refractivity contribution is 5.85. The first-order chi connectivity index (χ1) is 11.6. The molecule has 2 amide bonds. The summed E-state index contributed by atoms with van der Waals surface area (Å²) < 4.78 is 0. The maximum atomic E-state index is 12.5. The SMILES string of the molecule is CC(CC(=O)N1CCN(CC(=O)NC2CC2)CC1)C1CCCNC1.Cl.Cl. The third-order valence-corrected chi connectivity index (χ3v) is 5.67. The molecular formula is C18H34Cl2N4O2. The Hall–Kier alpha value is -0.560. The Labute approximate surface area is 169 Å². The van der Waals surface area contributed by atoms with Gasteiger partial charge in [0.1, 0.15) is 0 Å². The molecule has 2 heterocycles. The van der Waals surface area contributed by atoms with Gasteiger partial charge in [-0.15, -0.1) is 24.8 Å². The minimum atomic E-state index is 0. The molecule has 1 aliphatic carbocycles. The van der Waals surface area contributed by atoms with Crippen LogP contribution >= 0.6 is 24.8 Å². The predicted molar refractivity (Wildman–Crippen MR) is 108 cm³/mol. The van der Waals surface area contributed by atoms with E-state index >= 15 is 0 Å². The fourth-order valence-electron chi connectivity index (χ4n) is 3.80. The number of nitrogens with one attached hydrogen (secondary N) is 2. The summed E-state index contributed by atoms with van der Waals surface area (Å²) in [4.78, 5) is 28.6. The fraction of sp³-hybridized carbons (Fsp3) is 0.889. The van der Waals surface area contributed by atoms with Crippen LogP contribution in [0.4, 0.5) is 0 Å². The molecular weight excluding hydrogens is 375 g/mol. The van der Waals surface area contributed by atoms with Crippen molar-refractivity contribution in [2.75, 3.05) is 45.8 Å². The summed E-state index contributed by atoms with van der Waals surface area (Å²) in [5, 5.41) is 6.47. The van der Waals surface area contributed by atoms with Gasteiger partial charge in [0.2, 0.25) is 11.8 Å². The summed E-state index contributed by atoms with van der Waals surface area (Å²) in [6.07, 6.45) is 5.38. The Morgan fingerprint density at radius 2 is 1.81 bits per heavy atom. The zero-order valence-electron chi connectivity index (χ0n) is 15.7. The van der Waals surface area contributed by atoms with Gasteiger partial charge >= 0.3 is 0 Å². The lowest BCUT2D eigenvalue weighted by atomic mass is 9.85. The second-order valence-electron chi connectivity index (χ2n) is 7.79. The Bertz CT molecular complexity index is 448. The van der Waals surface area contributed by atoms with Gasteiger partial charge in [-0.2, -0.15) is 0 Å². The van der Waals surface area contributed by atoms with E-state index < -0.39 is 0 Å². The van der Waals surface area contributed by atoms with Gasteiger partial charge in [-0.3, -0.25) is 14.5 Å². The van der Waals surface area contributed by atoms with Crippen molar-refractivity contribution in [2.45, 2.75) is 45.1 Å². The summed E-state index contributed by atoms with van der Waals surface area (Å²) in [7, 11) is 0. The number of nitrogens with zero attached hydrogens (tertiary/aromatic N) is 2. The monoisotopic (exact) mass is 408 g/mol. The lowest BCUT2D eigenvalue weighted by Crippen LogP contribution is -2.51. The Morgan fingerprint density at radius 1 is 1.12 bits per heavy atom. The van der Waals surface area contributed by atoms with Gasteiger partial charge in [0.05, 0.1) is 6.54 Å². The molecule has 1 saturated carbocycles. The van der Waals surface area contributed by atoms with Crippen LogP contribution in [0, 0.1) is 11.8 Å². The molecule has 0 aromatic carbocycles. The molecule has 2 N–H and O–H groups in total. The van der Waals surface area contributed by atoms with Crippen LogP contribution in [0.1, 0.15) is 39.0 Å². The summed E-state index contributed by atoms with van der Waals surface area (Å²) in [5.74, 6) is 1.51. The van der Waals surface area contributed by atoms with Crippen LogP contribution in [0.3, 0.4) is 0 Å². The first kappa shape index (κ1) is 23.5. The van der Waals surface area contributed by atoms with E-state index in [0.717, 1.165) is 52.1 Å². The van der Waals surface area contributed by atoms with Crippen molar-refractivity contribution in [1.82, 2.24) is 20.4 Å². The highest BCUT2D eigenvalue weighted by Crippen LogP contribution is 2.23. The van der Waals surface area contributed by atoms with E-state index in [1.807, 2.05) is 4.90 Å². The van der Waals surface area contributed by atoms with Gasteiger partial charge in [-0.25, -0.2) is 0 Å². The van der Waals surface area contributed by atoms with E-state index in [1.54, 1.807) is 0 Å². The predicted octanol–water partition coefficient (Wildman–Crippen LogP) is 1.28. The minimum absolute atomic E-state index is 0. The van der Waals surface area contributed by atoms with Crippen molar-refractivity contribution >= 4 is 36.6 Å². The minimum Gasteiger partial charge on any atom is -0.352 e. The molecule has 152 valence electrons. The van der Waals surface area contributed by atoms with Crippen molar-refractivity contribution in [3.8, 4) is 0 Å². The lowest BCUT2D eigenvalue weighted by molar-refractivity contribution is -0.134. The quantitative estimate of drug-likeness (QED) is 0.694. The van der Waals surface area contributed by atoms with E-state index in [2.05, 4.69) is 22.5 Å². The van der Waals surface area contributed by atoms with Crippen molar-refractivity contribution in [3.05, 3.63) is 0 Å². The summed E-state index contributed by atoms with van der Waals surface area (Å²) in [6.45, 7) is 7.99. The first-order valence-corrected chi connectivity index (χ1v) is 9.62. The van der Waals surface area contributed by atoms with Crippen molar-refractivity contribution < 1.29 is 9.59 Å². The Balaban J connectivity index is 0.00000169. The van der Waals surface area contributed by atoms with Crippen LogP contribution in [-0.4, -0.2) is 73.5 Å². The Kier molecular flexibility index (Phi) is 10.2. The van der Waals surface area contributed by atoms with E-state index in [-0.39, 0.29) is 36.6 Å². The number of piperidine rings is 1. The molecule has 3 rings (SSSR count). The summed E-state index contributed by atoms with van der Waals surface area (Å²) in [5.41, 5.74) is 0. The van der Waals surface area contributed by atoms with Crippen LogP contribution in [0.25, 0.3) is 0 Å². The number of hydrogen-bond acceptors (Lipinski definition) is 4. The molecule has 6 nitrogen and oxygen atoms in total. The van der Waals surface area contributed by atoms with E-state index in [4.69, 9.17) is 0 Å². The highest BCUT2D eigenvalue weighted by Gasteiger charge is 2.28. The number of carbonyl (C=O) groups excluding carboxylic acids is 2. The molecule has 26 heavy (non-hydrogen) atoms. The zero-order valence-corrected chi connectivity index (χ0v) is 17.4. The number of piperazine rings is 1. The first-order valence-electron chi connectivity index (χ1n) is 9.62. The summed E-state index contributed by atoms with van der Waals surface area (Å²) in [6, 6.07) is 0.427. The number of amides is 2. The molecule has 0 radical (unpaired) electrons. The second-order valence-corrected chi connectivity index (χ2v) is 7.79. The number of hydrogen-bond donors (Lipinski definition) is 2. The van der Waals surface area contributed by atoms with Crippen LogP contribution in [0.5, 0.6) is 0 Å². The molecule has 2 atom stereocenters. The molecule has 0 spiro atoms. The number of halogens is 2. The molecule has 2 unspecified atom stereocenters. The highest BCUT2D eigenvalue weighted by atomic mass is 35.5. The molecule has 0 aromatic heterocycles. The Morgan fingerprint density at radius 3 is 2.38 bits per heavy atom. The van der Waals surface area contributed by atoms with Crippen LogP contribution in [-0.2, 0) is 9.59 Å². The number of carbonyl (C=O) groups is 2. The molecule has 0 aromatic rings. The molecule has 2 aliphatic heterocycles. The summed E-state index contributed by atoms with van der Waals surface area (Å²) >= 11 is 0. The fourth-order valence-corrected chi connectivity index (χ4v) is 3.80. The third-order valence-electron chi connectivity index (χ3n) is 5.67. The molecule has 2 saturated heterocycles. The molecule has 3 fully saturated rings. The normalized spacial score (nSPS) is 24.8. The van der Waals surface area contributed by atoms with Crippen LogP contribution < -0.4 is 10.6 Å². The van der Waals surface area contributed by atoms with Crippen molar-refractivity contribution in [2.24, 2.45) is 11.8 Å². The van der Waals surface area contributed by atoms with Crippen molar-refractivity contribution in [1.29, 1.82) is 0 Å². The van der Waals surface area contributed by atoms with E-state index in [0.29, 0.717) is 30.8 Å². The largest absolute Gasteiger partial charge is 0.352 e. The van der Waals surface area contributed by atoms with Gasteiger partial charge in [-0.05, 0) is 50.6 Å². The van der Waals surface area contributed by atoms with Crippen molar-refractivity contribution in [3.63, 3.8) is 0 Å². The van der Waals surface area contributed by atoms with Gasteiger partial charge in [0, 0.05) is 38.6 Å². The third kappa shape index (κ3) is 7.22. The topological polar surface area (TPSA) is 64.7 Å². The maximum absolute atomic E-state index is 12.5. The van der Waals surface area contributed by atoms with Gasteiger partial charge in [0.15, 0.2) is 0 Å². The average molecular weight is 409 g/mol. The van der Waals surface area contributed by atoms with Crippen LogP contribution in [0.2, 0.25) is 0 Å². The van der Waals surface area contributed by atoms with E-state index in [9.17, 15) is 9.59 Å². The van der Waals surface area contributed by atoms with E-state index in [1.165, 1.54) is 12.8 Å². The lowest BCUT2D eigenvalue weighted by Gasteiger charge is -2.36. The molecule has 8 heteroatoms. The van der Waals surface area contributed by atoms with Crippen LogP contribution in [0.15, 0.2) is 0 Å². The zero-order chi connectivity index (χ0) is 16.9. The standard InChI is InChI=1S/C18H32N4O2.2ClH/c1-14(15-3-2-6-19-12-15)11-18(24)22-9-7-21(8-10-22)13-17(23)20-16-4-5-16;;/h14-16,19H,2-13H2,1H3,(H,20,23);2*1H. The maximum Gasteiger partial charge on any atom is 0.234 e.